The molecule has 0 radical (unpaired) electrons. The van der Waals surface area contributed by atoms with E-state index in [9.17, 15) is 0 Å². The topological polar surface area (TPSA) is 49.8 Å². The molecular weight excluding hydrogens is 212 g/mol. The van der Waals surface area contributed by atoms with E-state index in [1.54, 1.807) is 0 Å². The third-order valence-electron chi connectivity index (χ3n) is 3.14. The average molecular weight is 228 g/mol. The molecule has 2 N–H and O–H groups in total. The van der Waals surface area contributed by atoms with Gasteiger partial charge in [-0.2, -0.15) is 0 Å². The summed E-state index contributed by atoms with van der Waals surface area (Å²) in [4.78, 5) is 9.11. The van der Waals surface area contributed by atoms with Crippen molar-refractivity contribution in [2.75, 3.05) is 13.2 Å². The van der Waals surface area contributed by atoms with Gasteiger partial charge in [-0.3, -0.25) is 5.32 Å². The Hall–Kier alpha value is -1.52. The fourth-order valence-electron chi connectivity index (χ4n) is 2.19. The van der Waals surface area contributed by atoms with E-state index in [0.29, 0.717) is 0 Å². The van der Waals surface area contributed by atoms with Crippen LogP contribution in [-0.4, -0.2) is 23.2 Å². The summed E-state index contributed by atoms with van der Waals surface area (Å²) >= 11 is 0. The van der Waals surface area contributed by atoms with Gasteiger partial charge in [-0.05, 0) is 25.5 Å². The lowest BCUT2D eigenvalue weighted by atomic mass is 10.1. The SMILES string of the molecule is c1ccc2nc(C3CCCNCN3)ncc2c1. The third-order valence-corrected chi connectivity index (χ3v) is 3.14. The molecule has 0 saturated carbocycles. The van der Waals surface area contributed by atoms with E-state index < -0.39 is 0 Å². The molecule has 4 heteroatoms. The molecule has 2 aromatic rings. The number of rotatable bonds is 1. The van der Waals surface area contributed by atoms with E-state index in [4.69, 9.17) is 0 Å². The van der Waals surface area contributed by atoms with Crippen LogP contribution in [0.2, 0.25) is 0 Å². The second kappa shape index (κ2) is 4.77. The summed E-state index contributed by atoms with van der Waals surface area (Å²) in [5.41, 5.74) is 1.02. The number of hydrogen-bond donors (Lipinski definition) is 2. The normalized spacial score (nSPS) is 21.3. The van der Waals surface area contributed by atoms with Crippen molar-refractivity contribution in [2.45, 2.75) is 18.9 Å². The molecule has 1 fully saturated rings. The van der Waals surface area contributed by atoms with Crippen molar-refractivity contribution in [2.24, 2.45) is 0 Å². The summed E-state index contributed by atoms with van der Waals surface area (Å²) in [6.45, 7) is 1.90. The van der Waals surface area contributed by atoms with E-state index in [2.05, 4.69) is 20.6 Å². The minimum absolute atomic E-state index is 0.273. The van der Waals surface area contributed by atoms with Crippen molar-refractivity contribution >= 4 is 10.9 Å². The molecule has 17 heavy (non-hydrogen) atoms. The first kappa shape index (κ1) is 10.6. The molecule has 1 unspecified atom stereocenters. The van der Waals surface area contributed by atoms with E-state index in [0.717, 1.165) is 42.8 Å². The second-order valence-corrected chi connectivity index (χ2v) is 4.36. The number of para-hydroxylation sites is 1. The second-order valence-electron chi connectivity index (χ2n) is 4.36. The standard InChI is InChI=1S/C13H16N4/c1-2-5-11-10(4-1)8-15-13(17-11)12-6-3-7-14-9-16-12/h1-2,4-5,8,12,14,16H,3,6-7,9H2. The molecular formula is C13H16N4. The maximum absolute atomic E-state index is 4.64. The van der Waals surface area contributed by atoms with E-state index >= 15 is 0 Å². The lowest BCUT2D eigenvalue weighted by molar-refractivity contribution is 0.503. The Morgan fingerprint density at radius 1 is 1.24 bits per heavy atom. The molecule has 0 aliphatic carbocycles. The summed E-state index contributed by atoms with van der Waals surface area (Å²) in [6.07, 6.45) is 4.16. The molecule has 1 saturated heterocycles. The summed E-state index contributed by atoms with van der Waals surface area (Å²) in [5.74, 6) is 0.910. The van der Waals surface area contributed by atoms with Crippen LogP contribution in [0.1, 0.15) is 24.7 Å². The highest BCUT2D eigenvalue weighted by Crippen LogP contribution is 2.18. The molecule has 88 valence electrons. The Morgan fingerprint density at radius 2 is 2.18 bits per heavy atom. The van der Waals surface area contributed by atoms with Crippen LogP contribution in [-0.2, 0) is 0 Å². The lowest BCUT2D eigenvalue weighted by Gasteiger charge is -2.13. The van der Waals surface area contributed by atoms with Crippen LogP contribution >= 0.6 is 0 Å². The number of fused-ring (bicyclic) bond motifs is 1. The van der Waals surface area contributed by atoms with E-state index in [1.807, 2.05) is 30.5 Å². The number of hydrogen-bond acceptors (Lipinski definition) is 4. The van der Waals surface area contributed by atoms with Crippen LogP contribution in [0.25, 0.3) is 10.9 Å². The first-order valence-electron chi connectivity index (χ1n) is 6.09. The zero-order chi connectivity index (χ0) is 11.5. The molecule has 2 heterocycles. The monoisotopic (exact) mass is 228 g/mol. The van der Waals surface area contributed by atoms with Crippen LogP contribution in [0.15, 0.2) is 30.5 Å². The smallest absolute Gasteiger partial charge is 0.145 e. The highest BCUT2D eigenvalue weighted by Gasteiger charge is 2.15. The summed E-state index contributed by atoms with van der Waals surface area (Å²) in [6, 6.07) is 8.38. The predicted octanol–water partition coefficient (Wildman–Crippen LogP) is 1.60. The Kier molecular flexibility index (Phi) is 2.98. The van der Waals surface area contributed by atoms with Crippen molar-refractivity contribution in [1.29, 1.82) is 0 Å². The third kappa shape index (κ3) is 2.28. The molecule has 4 nitrogen and oxygen atoms in total. The molecule has 0 bridgehead atoms. The van der Waals surface area contributed by atoms with Gasteiger partial charge in [-0.15, -0.1) is 0 Å². The largest absolute Gasteiger partial charge is 0.304 e. The zero-order valence-electron chi connectivity index (χ0n) is 9.69. The van der Waals surface area contributed by atoms with Crippen molar-refractivity contribution in [3.05, 3.63) is 36.3 Å². The molecule has 1 atom stereocenters. The fourth-order valence-corrected chi connectivity index (χ4v) is 2.19. The van der Waals surface area contributed by atoms with Gasteiger partial charge < -0.3 is 5.32 Å². The van der Waals surface area contributed by atoms with E-state index in [1.165, 1.54) is 0 Å². The maximum Gasteiger partial charge on any atom is 0.145 e. The Balaban J connectivity index is 1.93. The van der Waals surface area contributed by atoms with Crippen LogP contribution in [0.4, 0.5) is 0 Å². The Labute approximate surface area is 100 Å². The minimum Gasteiger partial charge on any atom is -0.304 e. The summed E-state index contributed by atoms with van der Waals surface area (Å²) < 4.78 is 0. The molecule has 0 spiro atoms. The molecule has 1 aromatic carbocycles. The summed E-state index contributed by atoms with van der Waals surface area (Å²) in [5, 5.41) is 7.84. The Morgan fingerprint density at radius 3 is 3.18 bits per heavy atom. The molecule has 1 aliphatic rings. The predicted molar refractivity (Wildman–Crippen MR) is 67.5 cm³/mol. The highest BCUT2D eigenvalue weighted by molar-refractivity contribution is 5.77. The minimum atomic E-state index is 0.273. The van der Waals surface area contributed by atoms with Crippen LogP contribution < -0.4 is 10.6 Å². The first-order chi connectivity index (χ1) is 8.43. The average Bonchev–Trinajstić information content (AvgIpc) is 2.67. The van der Waals surface area contributed by atoms with Gasteiger partial charge in [-0.1, -0.05) is 18.2 Å². The van der Waals surface area contributed by atoms with Gasteiger partial charge >= 0.3 is 0 Å². The quantitative estimate of drug-likeness (QED) is 0.778. The van der Waals surface area contributed by atoms with Crippen LogP contribution in [0.5, 0.6) is 0 Å². The molecule has 3 rings (SSSR count). The maximum atomic E-state index is 4.64. The van der Waals surface area contributed by atoms with Gasteiger partial charge in [0.15, 0.2) is 0 Å². The van der Waals surface area contributed by atoms with Gasteiger partial charge in [0, 0.05) is 18.3 Å². The van der Waals surface area contributed by atoms with Crippen LogP contribution in [0.3, 0.4) is 0 Å². The number of benzene rings is 1. The number of nitrogens with one attached hydrogen (secondary N) is 2. The Bertz CT molecular complexity index is 504. The van der Waals surface area contributed by atoms with E-state index in [-0.39, 0.29) is 6.04 Å². The van der Waals surface area contributed by atoms with Gasteiger partial charge in [0.25, 0.3) is 0 Å². The van der Waals surface area contributed by atoms with Crippen LogP contribution in [0, 0.1) is 0 Å². The van der Waals surface area contributed by atoms with Crippen molar-refractivity contribution < 1.29 is 0 Å². The first-order valence-corrected chi connectivity index (χ1v) is 6.09. The van der Waals surface area contributed by atoms with Gasteiger partial charge in [0.2, 0.25) is 0 Å². The lowest BCUT2D eigenvalue weighted by Crippen LogP contribution is -2.29. The van der Waals surface area contributed by atoms with Crippen molar-refractivity contribution in [3.63, 3.8) is 0 Å². The van der Waals surface area contributed by atoms with Gasteiger partial charge in [0.1, 0.15) is 5.82 Å². The number of nitrogens with zero attached hydrogens (tertiary/aromatic N) is 2. The van der Waals surface area contributed by atoms with Crippen molar-refractivity contribution in [3.8, 4) is 0 Å². The number of aromatic nitrogens is 2. The molecule has 1 aromatic heterocycles. The van der Waals surface area contributed by atoms with Gasteiger partial charge in [0.05, 0.1) is 11.6 Å². The summed E-state index contributed by atoms with van der Waals surface area (Å²) in [7, 11) is 0. The molecule has 1 aliphatic heterocycles. The zero-order valence-corrected chi connectivity index (χ0v) is 9.69. The highest BCUT2D eigenvalue weighted by atomic mass is 15.1. The fraction of sp³-hybridized carbons (Fsp3) is 0.385. The molecule has 0 amide bonds. The van der Waals surface area contributed by atoms with Crippen molar-refractivity contribution in [1.82, 2.24) is 20.6 Å². The van der Waals surface area contributed by atoms with Gasteiger partial charge in [-0.25, -0.2) is 9.97 Å².